The lowest BCUT2D eigenvalue weighted by molar-refractivity contribution is -0.112. The number of nitrogens with zero attached hydrogens (tertiary/aromatic N) is 1. The molecule has 3 rings (SSSR count). The summed E-state index contributed by atoms with van der Waals surface area (Å²) in [5, 5.41) is 12.6. The zero-order valence-electron chi connectivity index (χ0n) is 17.3. The van der Waals surface area contributed by atoms with Crippen LogP contribution in [0.2, 0.25) is 5.02 Å². The van der Waals surface area contributed by atoms with Gasteiger partial charge in [-0.1, -0.05) is 23.7 Å². The Bertz CT molecular complexity index is 1150. The third-order valence-corrected chi connectivity index (χ3v) is 4.60. The number of carbonyl (C=O) groups excluding carboxylic acids is 1. The number of rotatable bonds is 8. The number of halogens is 2. The van der Waals surface area contributed by atoms with Crippen molar-refractivity contribution in [2.45, 2.75) is 13.5 Å². The summed E-state index contributed by atoms with van der Waals surface area (Å²) >= 11 is 6.11. The Labute approximate surface area is 190 Å². The molecule has 0 fully saturated rings. The van der Waals surface area contributed by atoms with Crippen molar-refractivity contribution in [3.05, 3.63) is 94.3 Å². The Kier molecular flexibility index (Phi) is 7.85. The molecule has 32 heavy (non-hydrogen) atoms. The standard InChI is InChI=1S/C25H20ClFN2O3/c1-2-31-23-10-8-22(9-11-23)29-25(30)19(15-28)13-18-14-20(26)5-12-24(18)32-16-17-3-6-21(27)7-4-17/h3-14H,2,16H2,1H3,(H,29,30)/b19-13+. The van der Waals surface area contributed by atoms with Crippen molar-refractivity contribution in [1.29, 1.82) is 5.26 Å². The number of nitrogens with one attached hydrogen (secondary N) is 1. The van der Waals surface area contributed by atoms with Crippen molar-refractivity contribution < 1.29 is 18.7 Å². The summed E-state index contributed by atoms with van der Waals surface area (Å²) in [6.45, 7) is 2.61. The van der Waals surface area contributed by atoms with Gasteiger partial charge in [0.15, 0.2) is 0 Å². The van der Waals surface area contributed by atoms with Crippen LogP contribution in [0.15, 0.2) is 72.3 Å². The number of nitriles is 1. The van der Waals surface area contributed by atoms with Crippen LogP contribution < -0.4 is 14.8 Å². The van der Waals surface area contributed by atoms with Crippen LogP contribution in [0.3, 0.4) is 0 Å². The number of anilines is 1. The van der Waals surface area contributed by atoms with Crippen LogP contribution in [-0.2, 0) is 11.4 Å². The minimum atomic E-state index is -0.568. The van der Waals surface area contributed by atoms with E-state index in [9.17, 15) is 14.4 Å². The number of hydrogen-bond donors (Lipinski definition) is 1. The van der Waals surface area contributed by atoms with Crippen LogP contribution in [-0.4, -0.2) is 12.5 Å². The van der Waals surface area contributed by atoms with Crippen LogP contribution in [0.25, 0.3) is 6.08 Å². The van der Waals surface area contributed by atoms with Crippen LogP contribution in [0.1, 0.15) is 18.1 Å². The Hall–Kier alpha value is -3.82. The molecule has 5 nitrogen and oxygen atoms in total. The molecule has 3 aromatic carbocycles. The van der Waals surface area contributed by atoms with Gasteiger partial charge < -0.3 is 14.8 Å². The summed E-state index contributed by atoms with van der Waals surface area (Å²) in [6, 6.07) is 19.6. The molecule has 0 bridgehead atoms. The summed E-state index contributed by atoms with van der Waals surface area (Å²) in [6.07, 6.45) is 1.41. The largest absolute Gasteiger partial charge is 0.494 e. The first-order chi connectivity index (χ1) is 15.5. The molecule has 1 N–H and O–H groups in total. The van der Waals surface area contributed by atoms with E-state index in [4.69, 9.17) is 21.1 Å². The zero-order valence-corrected chi connectivity index (χ0v) is 18.0. The lowest BCUT2D eigenvalue weighted by Gasteiger charge is -2.11. The first kappa shape index (κ1) is 22.9. The van der Waals surface area contributed by atoms with Crippen LogP contribution >= 0.6 is 11.6 Å². The second-order valence-electron chi connectivity index (χ2n) is 6.68. The van der Waals surface area contributed by atoms with Gasteiger partial charge >= 0.3 is 0 Å². The van der Waals surface area contributed by atoms with Crippen molar-refractivity contribution in [3.8, 4) is 17.6 Å². The molecule has 0 saturated carbocycles. The van der Waals surface area contributed by atoms with E-state index in [1.165, 1.54) is 18.2 Å². The fourth-order valence-corrected chi connectivity index (χ4v) is 2.99. The molecule has 0 spiro atoms. The molecular formula is C25H20ClFN2O3. The molecule has 0 aromatic heterocycles. The van der Waals surface area contributed by atoms with E-state index in [-0.39, 0.29) is 18.0 Å². The number of ether oxygens (including phenoxy) is 2. The molecule has 1 amide bonds. The van der Waals surface area contributed by atoms with E-state index >= 15 is 0 Å². The van der Waals surface area contributed by atoms with E-state index in [2.05, 4.69) is 5.32 Å². The first-order valence-corrected chi connectivity index (χ1v) is 10.2. The van der Waals surface area contributed by atoms with Gasteiger partial charge in [0.1, 0.15) is 35.6 Å². The third-order valence-electron chi connectivity index (χ3n) is 4.37. The fourth-order valence-electron chi connectivity index (χ4n) is 2.81. The predicted octanol–water partition coefficient (Wildman–Crippen LogP) is 6.00. The summed E-state index contributed by atoms with van der Waals surface area (Å²) in [5.41, 5.74) is 1.65. The number of carbonyl (C=O) groups is 1. The van der Waals surface area contributed by atoms with Crippen LogP contribution in [0.4, 0.5) is 10.1 Å². The van der Waals surface area contributed by atoms with E-state index in [1.54, 1.807) is 54.6 Å². The quantitative estimate of drug-likeness (QED) is 0.337. The first-order valence-electron chi connectivity index (χ1n) is 9.81. The van der Waals surface area contributed by atoms with E-state index in [0.717, 1.165) is 5.56 Å². The molecule has 3 aromatic rings. The van der Waals surface area contributed by atoms with Gasteiger partial charge in [0.25, 0.3) is 5.91 Å². The van der Waals surface area contributed by atoms with Crippen molar-refractivity contribution >= 4 is 29.3 Å². The molecule has 0 aliphatic heterocycles. The lowest BCUT2D eigenvalue weighted by Crippen LogP contribution is -2.13. The molecule has 0 unspecified atom stereocenters. The molecule has 0 atom stereocenters. The topological polar surface area (TPSA) is 71.3 Å². The van der Waals surface area contributed by atoms with Crippen molar-refractivity contribution in [2.75, 3.05) is 11.9 Å². The highest BCUT2D eigenvalue weighted by molar-refractivity contribution is 6.30. The molecule has 162 valence electrons. The van der Waals surface area contributed by atoms with Gasteiger partial charge in [-0.2, -0.15) is 5.26 Å². The predicted molar refractivity (Wildman–Crippen MR) is 122 cm³/mol. The van der Waals surface area contributed by atoms with Crippen molar-refractivity contribution in [2.24, 2.45) is 0 Å². The van der Waals surface area contributed by atoms with Crippen molar-refractivity contribution in [3.63, 3.8) is 0 Å². The lowest BCUT2D eigenvalue weighted by atomic mass is 10.1. The molecule has 0 aliphatic carbocycles. The minimum absolute atomic E-state index is 0.118. The monoisotopic (exact) mass is 450 g/mol. The van der Waals surface area contributed by atoms with Gasteiger partial charge in [-0.25, -0.2) is 4.39 Å². The summed E-state index contributed by atoms with van der Waals surface area (Å²) in [5.74, 6) is 0.214. The maximum Gasteiger partial charge on any atom is 0.266 e. The highest BCUT2D eigenvalue weighted by Crippen LogP contribution is 2.27. The normalized spacial score (nSPS) is 10.9. The van der Waals surface area contributed by atoms with Gasteiger partial charge in [0.05, 0.1) is 6.61 Å². The summed E-state index contributed by atoms with van der Waals surface area (Å²) < 4.78 is 24.3. The fraction of sp³-hybridized carbons (Fsp3) is 0.120. The summed E-state index contributed by atoms with van der Waals surface area (Å²) in [7, 11) is 0. The smallest absolute Gasteiger partial charge is 0.266 e. The highest BCUT2D eigenvalue weighted by atomic mass is 35.5. The number of benzene rings is 3. The maximum atomic E-state index is 13.1. The average molecular weight is 451 g/mol. The molecule has 0 radical (unpaired) electrons. The molecule has 7 heteroatoms. The van der Waals surface area contributed by atoms with Crippen LogP contribution in [0, 0.1) is 17.1 Å². The van der Waals surface area contributed by atoms with Gasteiger partial charge in [0, 0.05) is 16.3 Å². The Balaban J connectivity index is 1.77. The van der Waals surface area contributed by atoms with Gasteiger partial charge in [0.2, 0.25) is 0 Å². The van der Waals surface area contributed by atoms with Crippen LogP contribution in [0.5, 0.6) is 11.5 Å². The zero-order chi connectivity index (χ0) is 22.9. The Morgan fingerprint density at radius 2 is 1.81 bits per heavy atom. The SMILES string of the molecule is CCOc1ccc(NC(=O)/C(C#N)=C/c2cc(Cl)ccc2OCc2ccc(F)cc2)cc1. The minimum Gasteiger partial charge on any atom is -0.494 e. The second-order valence-corrected chi connectivity index (χ2v) is 7.12. The van der Waals surface area contributed by atoms with Gasteiger partial charge in [-0.15, -0.1) is 0 Å². The Morgan fingerprint density at radius 3 is 2.47 bits per heavy atom. The Morgan fingerprint density at radius 1 is 1.09 bits per heavy atom. The van der Waals surface area contributed by atoms with Gasteiger partial charge in [-0.3, -0.25) is 4.79 Å². The molecular weight excluding hydrogens is 431 g/mol. The van der Waals surface area contributed by atoms with Crippen molar-refractivity contribution in [1.82, 2.24) is 0 Å². The highest BCUT2D eigenvalue weighted by Gasteiger charge is 2.12. The van der Waals surface area contributed by atoms with E-state index in [1.807, 2.05) is 13.0 Å². The number of amides is 1. The molecule has 0 saturated heterocycles. The third kappa shape index (κ3) is 6.34. The maximum absolute atomic E-state index is 13.1. The number of hydrogen-bond acceptors (Lipinski definition) is 4. The van der Waals surface area contributed by atoms with Gasteiger partial charge in [-0.05, 0) is 73.2 Å². The van der Waals surface area contributed by atoms with E-state index < -0.39 is 5.91 Å². The van der Waals surface area contributed by atoms with E-state index in [0.29, 0.717) is 34.4 Å². The molecule has 0 aliphatic rings. The average Bonchev–Trinajstić information content (AvgIpc) is 2.79. The second kappa shape index (κ2) is 11.0. The molecule has 0 heterocycles. The summed E-state index contributed by atoms with van der Waals surface area (Å²) in [4.78, 5) is 12.6.